The number of hydrogen-bond donors (Lipinski definition) is 0. The molecule has 90 valence electrons. The Morgan fingerprint density at radius 3 is 2.69 bits per heavy atom. The van der Waals surface area contributed by atoms with E-state index in [0.29, 0.717) is 0 Å². The van der Waals surface area contributed by atoms with Crippen molar-refractivity contribution in [3.05, 3.63) is 23.1 Å². The van der Waals surface area contributed by atoms with Crippen LogP contribution < -0.4 is 0 Å². The molecular formula is C9H9Cl2F2NO2. The average molecular weight is 272 g/mol. The Morgan fingerprint density at radius 2 is 2.25 bits per heavy atom. The largest absolute Gasteiger partial charge is 0.452 e. The van der Waals surface area contributed by atoms with Gasteiger partial charge < -0.3 is 9.32 Å². The molecule has 0 aliphatic carbocycles. The summed E-state index contributed by atoms with van der Waals surface area (Å²) in [6, 6.07) is 1.33. The van der Waals surface area contributed by atoms with Gasteiger partial charge in [0.1, 0.15) is 0 Å². The number of furan rings is 1. The molecule has 1 aromatic heterocycles. The van der Waals surface area contributed by atoms with E-state index in [-0.39, 0.29) is 23.2 Å². The van der Waals surface area contributed by atoms with E-state index in [1.807, 2.05) is 0 Å². The third-order valence-electron chi connectivity index (χ3n) is 1.85. The van der Waals surface area contributed by atoms with Crippen molar-refractivity contribution < 1.29 is 18.0 Å². The second-order valence-electron chi connectivity index (χ2n) is 2.94. The van der Waals surface area contributed by atoms with Crippen LogP contribution in [0, 0.1) is 0 Å². The lowest BCUT2D eigenvalue weighted by Crippen LogP contribution is -2.36. The molecule has 0 spiro atoms. The van der Waals surface area contributed by atoms with Gasteiger partial charge in [-0.3, -0.25) is 4.79 Å². The van der Waals surface area contributed by atoms with Crippen LogP contribution in [0.25, 0.3) is 0 Å². The summed E-state index contributed by atoms with van der Waals surface area (Å²) in [5, 5.41) is -0.112. The van der Waals surface area contributed by atoms with Gasteiger partial charge in [-0.25, -0.2) is 8.78 Å². The highest BCUT2D eigenvalue weighted by Gasteiger charge is 2.22. The van der Waals surface area contributed by atoms with Gasteiger partial charge in [-0.15, -0.1) is 11.6 Å². The van der Waals surface area contributed by atoms with Crippen molar-refractivity contribution in [3.63, 3.8) is 0 Å². The summed E-state index contributed by atoms with van der Waals surface area (Å²) < 4.78 is 29.2. The predicted molar refractivity (Wildman–Crippen MR) is 56.3 cm³/mol. The second-order valence-corrected chi connectivity index (χ2v) is 3.66. The average Bonchev–Trinajstić information content (AvgIpc) is 2.62. The van der Waals surface area contributed by atoms with Crippen LogP contribution in [0.4, 0.5) is 8.78 Å². The summed E-state index contributed by atoms with van der Waals surface area (Å²) >= 11 is 11.0. The maximum absolute atomic E-state index is 12.2. The maximum Gasteiger partial charge on any atom is 0.258 e. The van der Waals surface area contributed by atoms with Crippen LogP contribution in [-0.2, 0) is 0 Å². The summed E-state index contributed by atoms with van der Waals surface area (Å²) in [4.78, 5) is 12.7. The molecule has 0 saturated heterocycles. The molecule has 0 saturated carbocycles. The Labute approximate surface area is 101 Å². The first-order valence-electron chi connectivity index (χ1n) is 4.42. The molecule has 1 aromatic rings. The summed E-state index contributed by atoms with van der Waals surface area (Å²) in [5.74, 6) is -0.534. The fourth-order valence-electron chi connectivity index (χ4n) is 1.16. The Kier molecular flexibility index (Phi) is 5.02. The van der Waals surface area contributed by atoms with Gasteiger partial charge in [-0.05, 0) is 17.7 Å². The molecule has 7 heteroatoms. The van der Waals surface area contributed by atoms with Crippen LogP contribution in [0.15, 0.2) is 16.7 Å². The molecule has 16 heavy (non-hydrogen) atoms. The zero-order chi connectivity index (χ0) is 12.1. The monoisotopic (exact) mass is 271 g/mol. The van der Waals surface area contributed by atoms with Crippen LogP contribution in [0.1, 0.15) is 10.4 Å². The molecule has 3 nitrogen and oxygen atoms in total. The lowest BCUT2D eigenvalue weighted by atomic mass is 10.3. The molecule has 1 amide bonds. The molecule has 0 aromatic carbocycles. The van der Waals surface area contributed by atoms with Gasteiger partial charge in [0.05, 0.1) is 18.4 Å². The Bertz CT molecular complexity index is 357. The van der Waals surface area contributed by atoms with Gasteiger partial charge in [-0.1, -0.05) is 0 Å². The van der Waals surface area contributed by atoms with E-state index in [2.05, 4.69) is 0 Å². The standard InChI is InChI=1S/C9H9Cl2F2NO2/c10-2-3-14(5-7(12)13)9(15)6-1-4-16-8(6)11/h1,4,7H,2-3,5H2. The fraction of sp³-hybridized carbons (Fsp3) is 0.444. The number of amides is 1. The summed E-state index contributed by atoms with van der Waals surface area (Å²) in [7, 11) is 0. The van der Waals surface area contributed by atoms with Crippen LogP contribution >= 0.6 is 23.2 Å². The van der Waals surface area contributed by atoms with Crippen LogP contribution in [0.5, 0.6) is 0 Å². The number of halogens is 4. The van der Waals surface area contributed by atoms with E-state index >= 15 is 0 Å². The van der Waals surface area contributed by atoms with Gasteiger partial charge in [0.2, 0.25) is 5.22 Å². The molecule has 0 fully saturated rings. The normalized spacial score (nSPS) is 10.8. The van der Waals surface area contributed by atoms with E-state index in [1.165, 1.54) is 12.3 Å². The van der Waals surface area contributed by atoms with Crippen molar-refractivity contribution in [1.82, 2.24) is 4.90 Å². The topological polar surface area (TPSA) is 33.5 Å². The van der Waals surface area contributed by atoms with E-state index in [0.717, 1.165) is 4.90 Å². The van der Waals surface area contributed by atoms with Crippen molar-refractivity contribution >= 4 is 29.1 Å². The lowest BCUT2D eigenvalue weighted by Gasteiger charge is -2.20. The van der Waals surface area contributed by atoms with Crippen LogP contribution in [0.2, 0.25) is 5.22 Å². The molecule has 1 rings (SSSR count). The molecule has 0 aliphatic rings. The maximum atomic E-state index is 12.2. The van der Waals surface area contributed by atoms with Gasteiger partial charge >= 0.3 is 0 Å². The van der Waals surface area contributed by atoms with Gasteiger partial charge in [-0.2, -0.15) is 0 Å². The first kappa shape index (κ1) is 13.3. The Hall–Kier alpha value is -0.810. The Balaban J connectivity index is 2.78. The van der Waals surface area contributed by atoms with E-state index < -0.39 is 18.9 Å². The number of nitrogens with zero attached hydrogens (tertiary/aromatic N) is 1. The van der Waals surface area contributed by atoms with E-state index in [1.54, 1.807) is 0 Å². The summed E-state index contributed by atoms with van der Waals surface area (Å²) in [5.41, 5.74) is 0.0624. The number of carbonyl (C=O) groups excluding carboxylic acids is 1. The van der Waals surface area contributed by atoms with Crippen molar-refractivity contribution in [2.45, 2.75) is 6.43 Å². The van der Waals surface area contributed by atoms with Crippen molar-refractivity contribution in [2.24, 2.45) is 0 Å². The first-order chi connectivity index (χ1) is 7.56. The molecule has 0 N–H and O–H groups in total. The van der Waals surface area contributed by atoms with Gasteiger partial charge in [0.15, 0.2) is 0 Å². The smallest absolute Gasteiger partial charge is 0.258 e. The fourth-order valence-corrected chi connectivity index (χ4v) is 1.56. The van der Waals surface area contributed by atoms with E-state index in [9.17, 15) is 13.6 Å². The molecule has 0 bridgehead atoms. The minimum Gasteiger partial charge on any atom is -0.452 e. The molecule has 0 atom stereocenters. The molecule has 0 unspecified atom stereocenters. The second kappa shape index (κ2) is 6.06. The SMILES string of the molecule is O=C(c1ccoc1Cl)N(CCCl)CC(F)F. The highest BCUT2D eigenvalue weighted by atomic mass is 35.5. The summed E-state index contributed by atoms with van der Waals surface area (Å²) in [6.45, 7) is -0.640. The van der Waals surface area contributed by atoms with Crippen LogP contribution in [0.3, 0.4) is 0 Å². The zero-order valence-corrected chi connectivity index (χ0v) is 9.64. The highest BCUT2D eigenvalue weighted by Crippen LogP contribution is 2.19. The van der Waals surface area contributed by atoms with Crippen molar-refractivity contribution in [1.29, 1.82) is 0 Å². The van der Waals surface area contributed by atoms with Gasteiger partial charge in [0.25, 0.3) is 12.3 Å². The van der Waals surface area contributed by atoms with Crippen molar-refractivity contribution in [3.8, 4) is 0 Å². The van der Waals surface area contributed by atoms with E-state index in [4.69, 9.17) is 27.6 Å². The zero-order valence-electron chi connectivity index (χ0n) is 8.13. The lowest BCUT2D eigenvalue weighted by molar-refractivity contribution is 0.0570. The first-order valence-corrected chi connectivity index (χ1v) is 5.34. The van der Waals surface area contributed by atoms with Gasteiger partial charge in [0, 0.05) is 12.4 Å². The molecule has 0 radical (unpaired) electrons. The number of hydrogen-bond acceptors (Lipinski definition) is 2. The molecule has 1 heterocycles. The van der Waals surface area contributed by atoms with Crippen LogP contribution in [-0.4, -0.2) is 36.2 Å². The molecule has 0 aliphatic heterocycles. The molecular weight excluding hydrogens is 263 g/mol. The quantitative estimate of drug-likeness (QED) is 0.772. The predicted octanol–water partition coefficient (Wildman–Crippen LogP) is 2.88. The summed E-state index contributed by atoms with van der Waals surface area (Å²) in [6.07, 6.45) is -1.39. The third-order valence-corrected chi connectivity index (χ3v) is 2.31. The minimum absolute atomic E-state index is 0.0340. The highest BCUT2D eigenvalue weighted by molar-refractivity contribution is 6.32. The number of rotatable bonds is 5. The van der Waals surface area contributed by atoms with Crippen molar-refractivity contribution in [2.75, 3.05) is 19.0 Å². The third kappa shape index (κ3) is 3.35. The minimum atomic E-state index is -2.61. The Morgan fingerprint density at radius 1 is 1.56 bits per heavy atom. The number of carbonyl (C=O) groups is 1. The number of alkyl halides is 3.